The molecule has 0 aliphatic carbocycles. The molecule has 0 radical (unpaired) electrons. The van der Waals surface area contributed by atoms with E-state index in [0.29, 0.717) is 12.8 Å². The van der Waals surface area contributed by atoms with Crippen molar-refractivity contribution in [3.8, 4) is 0 Å². The highest BCUT2D eigenvalue weighted by atomic mass is 32.3. The van der Waals surface area contributed by atoms with Crippen LogP contribution in [0.3, 0.4) is 0 Å². The number of carbonyl (C=O) groups is 1. The molecule has 0 spiro atoms. The number of carbonyl (C=O) groups excluding carboxylic acids is 1. The predicted molar refractivity (Wildman–Crippen MR) is 223 cm³/mol. The SMILES string of the molecule is CCCCCCCCCCCCCCCCCC(O)C(COC1OC(CO)C(O)C(OS(=O)(=O)O)C1O)NC(=O)CCCCCCCCCCCCCCCC. The van der Waals surface area contributed by atoms with Crippen molar-refractivity contribution in [2.24, 2.45) is 0 Å². The lowest BCUT2D eigenvalue weighted by Gasteiger charge is -2.41. The van der Waals surface area contributed by atoms with E-state index in [2.05, 4.69) is 23.3 Å². The molecule has 56 heavy (non-hydrogen) atoms. The zero-order valence-electron chi connectivity index (χ0n) is 35.5. The summed E-state index contributed by atoms with van der Waals surface area (Å²) in [7, 11) is -5.07. The summed E-state index contributed by atoms with van der Waals surface area (Å²) in [5.74, 6) is -0.227. The molecule has 1 heterocycles. The fourth-order valence-electron chi connectivity index (χ4n) is 7.58. The molecule has 0 aromatic heterocycles. The van der Waals surface area contributed by atoms with Crippen molar-refractivity contribution in [1.82, 2.24) is 5.32 Å². The third-order valence-corrected chi connectivity index (χ3v) is 11.6. The second-order valence-electron chi connectivity index (χ2n) is 16.4. The number of unbranched alkanes of at least 4 members (excludes halogenated alkanes) is 27. The van der Waals surface area contributed by atoms with Crippen molar-refractivity contribution in [1.29, 1.82) is 0 Å². The molecule has 0 aromatic carbocycles. The smallest absolute Gasteiger partial charge is 0.394 e. The minimum absolute atomic E-state index is 0.227. The summed E-state index contributed by atoms with van der Waals surface area (Å²) in [5, 5.41) is 44.8. The summed E-state index contributed by atoms with van der Waals surface area (Å²) in [4.78, 5) is 13.0. The van der Waals surface area contributed by atoms with Gasteiger partial charge >= 0.3 is 10.4 Å². The van der Waals surface area contributed by atoms with E-state index < -0.39 is 59.9 Å². The molecule has 1 rings (SSSR count). The molecule has 1 amide bonds. The van der Waals surface area contributed by atoms with Crippen LogP contribution in [0.25, 0.3) is 0 Å². The van der Waals surface area contributed by atoms with E-state index in [1.54, 1.807) is 0 Å². The first-order chi connectivity index (χ1) is 27.0. The number of amides is 1. The first kappa shape index (κ1) is 53.1. The van der Waals surface area contributed by atoms with E-state index in [9.17, 15) is 38.2 Å². The molecular formula is C43H85NO11S. The zero-order chi connectivity index (χ0) is 41.3. The molecule has 1 saturated heterocycles. The highest BCUT2D eigenvalue weighted by Gasteiger charge is 2.48. The van der Waals surface area contributed by atoms with Gasteiger partial charge in [-0.3, -0.25) is 9.35 Å². The van der Waals surface area contributed by atoms with Crippen molar-refractivity contribution < 1.29 is 51.8 Å². The Bertz CT molecular complexity index is 1020. The van der Waals surface area contributed by atoms with Crippen LogP contribution in [0.5, 0.6) is 0 Å². The molecule has 0 bridgehead atoms. The Morgan fingerprint density at radius 1 is 0.643 bits per heavy atom. The average molecular weight is 824 g/mol. The number of rotatable bonds is 39. The minimum atomic E-state index is -5.07. The van der Waals surface area contributed by atoms with E-state index in [4.69, 9.17) is 9.47 Å². The van der Waals surface area contributed by atoms with Crippen LogP contribution in [-0.2, 0) is 28.9 Å². The van der Waals surface area contributed by atoms with Gasteiger partial charge in [0.15, 0.2) is 6.29 Å². The lowest BCUT2D eigenvalue weighted by Crippen LogP contribution is -2.61. The van der Waals surface area contributed by atoms with Crippen LogP contribution in [0.4, 0.5) is 0 Å². The molecule has 6 N–H and O–H groups in total. The number of ether oxygens (including phenoxy) is 2. The fourth-order valence-corrected chi connectivity index (χ4v) is 8.09. The number of aliphatic hydroxyl groups is 4. The molecule has 1 fully saturated rings. The summed E-state index contributed by atoms with van der Waals surface area (Å²) in [6.07, 6.45) is 26.7. The average Bonchev–Trinajstić information content (AvgIpc) is 3.16. The van der Waals surface area contributed by atoms with Crippen molar-refractivity contribution in [2.75, 3.05) is 13.2 Å². The maximum absolute atomic E-state index is 13.0. The van der Waals surface area contributed by atoms with Crippen molar-refractivity contribution >= 4 is 16.3 Å². The van der Waals surface area contributed by atoms with Crippen LogP contribution < -0.4 is 5.32 Å². The normalized spacial score (nSPS) is 21.3. The Balaban J connectivity index is 2.50. The molecule has 334 valence electrons. The van der Waals surface area contributed by atoms with Gasteiger partial charge in [-0.1, -0.05) is 194 Å². The van der Waals surface area contributed by atoms with Gasteiger partial charge in [-0.2, -0.15) is 8.42 Å². The summed E-state index contributed by atoms with van der Waals surface area (Å²) in [6.45, 7) is 3.45. The lowest BCUT2D eigenvalue weighted by atomic mass is 9.99. The van der Waals surface area contributed by atoms with Crippen molar-refractivity contribution in [3.05, 3.63) is 0 Å². The third kappa shape index (κ3) is 27.7. The minimum Gasteiger partial charge on any atom is -0.394 e. The van der Waals surface area contributed by atoms with Gasteiger partial charge in [-0.05, 0) is 12.8 Å². The number of hydrogen-bond donors (Lipinski definition) is 6. The molecule has 7 atom stereocenters. The van der Waals surface area contributed by atoms with Gasteiger partial charge < -0.3 is 35.2 Å². The van der Waals surface area contributed by atoms with Gasteiger partial charge in [0.25, 0.3) is 0 Å². The van der Waals surface area contributed by atoms with Crippen LogP contribution >= 0.6 is 0 Å². The van der Waals surface area contributed by atoms with Gasteiger partial charge in [0, 0.05) is 6.42 Å². The van der Waals surface area contributed by atoms with Gasteiger partial charge in [-0.15, -0.1) is 0 Å². The topological polar surface area (TPSA) is 192 Å². The molecule has 13 heteroatoms. The van der Waals surface area contributed by atoms with Crippen LogP contribution in [0.15, 0.2) is 0 Å². The Kier molecular flexibility index (Phi) is 33.1. The maximum Gasteiger partial charge on any atom is 0.397 e. The van der Waals surface area contributed by atoms with E-state index in [1.807, 2.05) is 0 Å². The lowest BCUT2D eigenvalue weighted by molar-refractivity contribution is -0.298. The molecular weight excluding hydrogens is 739 g/mol. The second kappa shape index (κ2) is 34.9. The van der Waals surface area contributed by atoms with E-state index in [-0.39, 0.29) is 12.5 Å². The molecule has 1 aliphatic heterocycles. The first-order valence-electron chi connectivity index (χ1n) is 22.9. The van der Waals surface area contributed by atoms with E-state index in [1.165, 1.54) is 135 Å². The maximum atomic E-state index is 13.0. The largest absolute Gasteiger partial charge is 0.397 e. The van der Waals surface area contributed by atoms with Crippen LogP contribution in [0.2, 0.25) is 0 Å². The highest BCUT2D eigenvalue weighted by Crippen LogP contribution is 2.26. The summed E-state index contributed by atoms with van der Waals surface area (Å²) in [6, 6.07) is -0.850. The van der Waals surface area contributed by atoms with Gasteiger partial charge in [0.05, 0.1) is 25.4 Å². The molecule has 0 saturated carbocycles. The highest BCUT2D eigenvalue weighted by molar-refractivity contribution is 7.80. The number of hydrogen-bond acceptors (Lipinski definition) is 10. The fraction of sp³-hybridized carbons (Fsp3) is 0.977. The van der Waals surface area contributed by atoms with E-state index in [0.717, 1.165) is 51.4 Å². The summed E-state index contributed by atoms with van der Waals surface area (Å²) in [5.41, 5.74) is 0. The summed E-state index contributed by atoms with van der Waals surface area (Å²) >= 11 is 0. The van der Waals surface area contributed by atoms with Crippen LogP contribution in [-0.4, -0.2) is 95.4 Å². The van der Waals surface area contributed by atoms with Gasteiger partial charge in [0.2, 0.25) is 5.91 Å². The molecule has 1 aliphatic rings. The number of nitrogens with one attached hydrogen (secondary N) is 1. The zero-order valence-corrected chi connectivity index (χ0v) is 36.3. The Morgan fingerprint density at radius 2 is 1.04 bits per heavy atom. The predicted octanol–water partition coefficient (Wildman–Crippen LogP) is 8.61. The standard InChI is InChI=1S/C43H85NO11S/c1-3-5-7-9-11-13-15-17-19-20-22-24-26-28-30-32-37(46)36(35-53-43-41(49)42(55-56(50,51)52)40(48)38(34-45)54-43)44-39(47)33-31-29-27-25-23-21-18-16-14-12-10-8-6-4-2/h36-38,40-43,45-46,48-49H,3-35H2,1-2H3,(H,44,47)(H,50,51,52). The molecule has 12 nitrogen and oxygen atoms in total. The Labute approximate surface area is 341 Å². The van der Waals surface area contributed by atoms with E-state index >= 15 is 0 Å². The van der Waals surface area contributed by atoms with Crippen molar-refractivity contribution in [3.63, 3.8) is 0 Å². The second-order valence-corrected chi connectivity index (χ2v) is 17.4. The van der Waals surface area contributed by atoms with Gasteiger partial charge in [-0.25, -0.2) is 4.18 Å². The van der Waals surface area contributed by atoms with Crippen molar-refractivity contribution in [2.45, 2.75) is 256 Å². The molecule has 0 aromatic rings. The monoisotopic (exact) mass is 824 g/mol. The third-order valence-electron chi connectivity index (χ3n) is 11.2. The Hall–Kier alpha value is -0.900. The molecule has 7 unspecified atom stereocenters. The first-order valence-corrected chi connectivity index (χ1v) is 24.3. The van der Waals surface area contributed by atoms with Crippen LogP contribution in [0, 0.1) is 0 Å². The Morgan fingerprint density at radius 3 is 1.43 bits per heavy atom. The van der Waals surface area contributed by atoms with Gasteiger partial charge in [0.1, 0.15) is 24.4 Å². The quantitative estimate of drug-likeness (QED) is 0.0257. The summed E-state index contributed by atoms with van der Waals surface area (Å²) < 4.78 is 47.6. The number of aliphatic hydroxyl groups excluding tert-OH is 4. The van der Waals surface area contributed by atoms with Crippen LogP contribution in [0.1, 0.15) is 213 Å².